The predicted molar refractivity (Wildman–Crippen MR) is 118 cm³/mol. The van der Waals surface area contributed by atoms with Gasteiger partial charge in [0.15, 0.2) is 6.61 Å². The van der Waals surface area contributed by atoms with Gasteiger partial charge in [0.25, 0.3) is 0 Å². The van der Waals surface area contributed by atoms with Crippen molar-refractivity contribution in [3.05, 3.63) is 88.5 Å². The number of carbonyl (C=O) groups is 2. The average molecular weight is 429 g/mol. The molecule has 0 atom stereocenters. The zero-order chi connectivity index (χ0) is 22.8. The molecule has 2 aromatic heterocycles. The van der Waals surface area contributed by atoms with Crippen molar-refractivity contribution >= 4 is 11.8 Å². The van der Waals surface area contributed by atoms with Gasteiger partial charge in [-0.15, -0.1) is 5.10 Å². The molecule has 0 aliphatic rings. The van der Waals surface area contributed by atoms with Gasteiger partial charge in [-0.3, -0.25) is 4.79 Å². The zero-order valence-electron chi connectivity index (χ0n) is 18.4. The molecule has 0 aliphatic carbocycles. The summed E-state index contributed by atoms with van der Waals surface area (Å²) in [6.45, 7) is 7.64. The first-order chi connectivity index (χ1) is 15.3. The second-order valence-electron chi connectivity index (χ2n) is 7.69. The van der Waals surface area contributed by atoms with E-state index in [1.165, 1.54) is 22.1 Å². The number of hydrogen-bond acceptors (Lipinski definition) is 6. The Bertz CT molecular complexity index is 1310. The maximum Gasteiger partial charge on any atom is 0.338 e. The second kappa shape index (κ2) is 8.58. The molecule has 0 saturated carbocycles. The van der Waals surface area contributed by atoms with Gasteiger partial charge >= 0.3 is 5.97 Å². The van der Waals surface area contributed by atoms with Crippen LogP contribution in [0.2, 0.25) is 0 Å². The maximum absolute atomic E-state index is 12.9. The number of tetrazole rings is 1. The molecule has 2 aromatic carbocycles. The molecule has 0 amide bonds. The molecule has 2 heterocycles. The van der Waals surface area contributed by atoms with Crippen LogP contribution in [0, 0.1) is 27.7 Å². The fourth-order valence-electron chi connectivity index (χ4n) is 3.65. The van der Waals surface area contributed by atoms with Crippen molar-refractivity contribution in [1.82, 2.24) is 24.8 Å². The van der Waals surface area contributed by atoms with Crippen LogP contribution in [-0.2, 0) is 4.74 Å². The Morgan fingerprint density at radius 2 is 1.75 bits per heavy atom. The largest absolute Gasteiger partial charge is 0.454 e. The van der Waals surface area contributed by atoms with Crippen LogP contribution in [-0.4, -0.2) is 43.1 Å². The minimum atomic E-state index is -0.587. The van der Waals surface area contributed by atoms with E-state index in [0.29, 0.717) is 16.8 Å². The molecular formula is C24H23N5O3. The van der Waals surface area contributed by atoms with E-state index in [2.05, 4.69) is 41.5 Å². The van der Waals surface area contributed by atoms with E-state index in [4.69, 9.17) is 4.74 Å². The Labute approximate surface area is 185 Å². The summed E-state index contributed by atoms with van der Waals surface area (Å²) >= 11 is 0. The monoisotopic (exact) mass is 429 g/mol. The minimum Gasteiger partial charge on any atom is -0.454 e. The van der Waals surface area contributed by atoms with Crippen LogP contribution in [0.25, 0.3) is 11.4 Å². The highest BCUT2D eigenvalue weighted by Crippen LogP contribution is 2.23. The molecule has 162 valence electrons. The molecule has 0 radical (unpaired) electrons. The lowest BCUT2D eigenvalue weighted by atomic mass is 10.1. The normalized spacial score (nSPS) is 10.9. The molecule has 8 nitrogen and oxygen atoms in total. The second-order valence-corrected chi connectivity index (χ2v) is 7.69. The van der Waals surface area contributed by atoms with Gasteiger partial charge < -0.3 is 9.30 Å². The first kappa shape index (κ1) is 21.2. The topological polar surface area (TPSA) is 91.9 Å². The van der Waals surface area contributed by atoms with Crippen LogP contribution in [0.5, 0.6) is 0 Å². The van der Waals surface area contributed by atoms with Gasteiger partial charge in [-0.1, -0.05) is 12.1 Å². The number of carbonyl (C=O) groups excluding carboxylic acids is 2. The van der Waals surface area contributed by atoms with E-state index in [-0.39, 0.29) is 12.4 Å². The summed E-state index contributed by atoms with van der Waals surface area (Å²) in [7, 11) is 0. The van der Waals surface area contributed by atoms with Gasteiger partial charge in [-0.2, -0.15) is 0 Å². The van der Waals surface area contributed by atoms with Crippen molar-refractivity contribution < 1.29 is 14.3 Å². The van der Waals surface area contributed by atoms with E-state index in [9.17, 15) is 9.59 Å². The van der Waals surface area contributed by atoms with Gasteiger partial charge in [-0.25, -0.2) is 9.48 Å². The van der Waals surface area contributed by atoms with Crippen LogP contribution in [0.3, 0.4) is 0 Å². The number of aromatic nitrogens is 5. The number of Topliss-reactive ketones (excluding diaryl/α,β-unsaturated/α-hetero) is 1. The van der Waals surface area contributed by atoms with Gasteiger partial charge in [0.1, 0.15) is 6.33 Å². The number of benzene rings is 2. The highest BCUT2D eigenvalue weighted by molar-refractivity contribution is 6.00. The lowest BCUT2D eigenvalue weighted by Crippen LogP contribution is -2.15. The quantitative estimate of drug-likeness (QED) is 0.343. The predicted octanol–water partition coefficient (Wildman–Crippen LogP) is 3.73. The molecule has 0 saturated heterocycles. The maximum atomic E-state index is 12.9. The summed E-state index contributed by atoms with van der Waals surface area (Å²) < 4.78 is 8.78. The molecule has 0 spiro atoms. The molecule has 0 aliphatic heterocycles. The lowest BCUT2D eigenvalue weighted by molar-refractivity contribution is 0.0474. The molecule has 4 aromatic rings. The molecule has 0 bridgehead atoms. The summed E-state index contributed by atoms with van der Waals surface area (Å²) in [5.41, 5.74) is 6.61. The molecule has 0 N–H and O–H groups in total. The molecule has 0 fully saturated rings. The standard InChI is InChI=1S/C24H23N5O3/c1-15-8-9-21(10-16(15)2)29-17(3)11-22(18(29)4)23(30)13-32-24(31)19-6-5-7-20(12-19)28-14-25-26-27-28/h5-12,14H,13H2,1-4H3. The Kier molecular flexibility index (Phi) is 5.68. The Morgan fingerprint density at radius 1 is 0.938 bits per heavy atom. The third-order valence-corrected chi connectivity index (χ3v) is 5.51. The third kappa shape index (κ3) is 4.07. The summed E-state index contributed by atoms with van der Waals surface area (Å²) in [5.74, 6) is -0.839. The van der Waals surface area contributed by atoms with Crippen LogP contribution < -0.4 is 0 Å². The smallest absolute Gasteiger partial charge is 0.338 e. The number of hydrogen-bond donors (Lipinski definition) is 0. The van der Waals surface area contributed by atoms with Crippen molar-refractivity contribution in [3.8, 4) is 11.4 Å². The fraction of sp³-hybridized carbons (Fsp3) is 0.208. The highest BCUT2D eigenvalue weighted by Gasteiger charge is 2.19. The summed E-state index contributed by atoms with van der Waals surface area (Å²) in [6, 6.07) is 14.7. The first-order valence-corrected chi connectivity index (χ1v) is 10.2. The van der Waals surface area contributed by atoms with Gasteiger partial charge in [0.05, 0.1) is 11.3 Å². The van der Waals surface area contributed by atoms with E-state index in [0.717, 1.165) is 17.1 Å². The van der Waals surface area contributed by atoms with Crippen molar-refractivity contribution in [2.45, 2.75) is 27.7 Å². The van der Waals surface area contributed by atoms with Crippen LogP contribution in [0.4, 0.5) is 0 Å². The van der Waals surface area contributed by atoms with Gasteiger partial charge in [0, 0.05) is 22.6 Å². The van der Waals surface area contributed by atoms with E-state index in [1.807, 2.05) is 30.5 Å². The number of ketones is 1. The minimum absolute atomic E-state index is 0.252. The molecule has 4 rings (SSSR count). The Hall–Kier alpha value is -4.07. The van der Waals surface area contributed by atoms with Crippen LogP contribution in [0.1, 0.15) is 43.2 Å². The number of ether oxygens (including phenoxy) is 1. The average Bonchev–Trinajstić information content (AvgIpc) is 3.42. The molecule has 32 heavy (non-hydrogen) atoms. The van der Waals surface area contributed by atoms with Crippen molar-refractivity contribution in [3.63, 3.8) is 0 Å². The number of esters is 1. The number of nitrogens with zero attached hydrogens (tertiary/aromatic N) is 5. The number of rotatable bonds is 6. The fourth-order valence-corrected chi connectivity index (χ4v) is 3.65. The van der Waals surface area contributed by atoms with Crippen LogP contribution >= 0.6 is 0 Å². The SMILES string of the molecule is Cc1ccc(-n2c(C)cc(C(=O)COC(=O)c3cccc(-n4cnnn4)c3)c2C)cc1C. The van der Waals surface area contributed by atoms with Crippen molar-refractivity contribution in [1.29, 1.82) is 0 Å². The molecule has 8 heteroatoms. The highest BCUT2D eigenvalue weighted by atomic mass is 16.5. The summed E-state index contributed by atoms with van der Waals surface area (Å²) in [4.78, 5) is 25.4. The van der Waals surface area contributed by atoms with Crippen LogP contribution in [0.15, 0.2) is 54.9 Å². The zero-order valence-corrected chi connectivity index (χ0v) is 18.4. The van der Waals surface area contributed by atoms with Gasteiger partial charge in [0.2, 0.25) is 5.78 Å². The number of aryl methyl sites for hydroxylation is 3. The van der Waals surface area contributed by atoms with E-state index < -0.39 is 5.97 Å². The van der Waals surface area contributed by atoms with E-state index in [1.54, 1.807) is 24.3 Å². The summed E-state index contributed by atoms with van der Waals surface area (Å²) in [5, 5.41) is 11.0. The van der Waals surface area contributed by atoms with Crippen molar-refractivity contribution in [2.75, 3.05) is 6.61 Å². The van der Waals surface area contributed by atoms with Crippen molar-refractivity contribution in [2.24, 2.45) is 0 Å². The third-order valence-electron chi connectivity index (χ3n) is 5.51. The van der Waals surface area contributed by atoms with Gasteiger partial charge in [-0.05, 0) is 85.6 Å². The summed E-state index contributed by atoms with van der Waals surface area (Å²) in [6.07, 6.45) is 1.43. The Morgan fingerprint density at radius 3 is 2.47 bits per heavy atom. The van der Waals surface area contributed by atoms with E-state index >= 15 is 0 Å². The first-order valence-electron chi connectivity index (χ1n) is 10.2. The molecule has 0 unspecified atom stereocenters. The lowest BCUT2D eigenvalue weighted by Gasteiger charge is -2.12. The molecular weight excluding hydrogens is 406 g/mol. The Balaban J connectivity index is 1.50.